The summed E-state index contributed by atoms with van der Waals surface area (Å²) < 4.78 is 202. The molecular weight excluding hydrogens is 482 g/mol. The monoisotopic (exact) mass is 488 g/mol. The number of hydrogen-bond acceptors (Lipinski definition) is 0. The summed E-state index contributed by atoms with van der Waals surface area (Å²) in [6.07, 6.45) is -1.08. The predicted molar refractivity (Wildman–Crippen MR) is 78.8 cm³/mol. The van der Waals surface area contributed by atoms with Crippen molar-refractivity contribution >= 4 is 6.08 Å². The van der Waals surface area contributed by atoms with Gasteiger partial charge in [0.2, 0.25) is 0 Å². The number of fused-ring (bicyclic) bond motifs is 3. The van der Waals surface area contributed by atoms with E-state index in [-0.39, 0.29) is 6.08 Å². The fourth-order valence-corrected chi connectivity index (χ4v) is 4.18. The molecule has 0 radical (unpaired) electrons. The molecule has 0 amide bonds. The molecule has 2 atom stereocenters. The van der Waals surface area contributed by atoms with E-state index >= 15 is 8.78 Å². The summed E-state index contributed by atoms with van der Waals surface area (Å²) in [6, 6.07) is 2.78. The van der Waals surface area contributed by atoms with E-state index in [1.807, 2.05) is 0 Å². The van der Waals surface area contributed by atoms with Crippen molar-refractivity contribution in [1.82, 2.24) is 0 Å². The number of halogens is 14. The lowest BCUT2D eigenvalue weighted by atomic mass is 9.57. The van der Waals surface area contributed by atoms with Crippen molar-refractivity contribution in [2.75, 3.05) is 0 Å². The number of rotatable bonds is 0. The molecule has 1 fully saturated rings. The second kappa shape index (κ2) is 5.44. The normalized spacial score (nSPS) is 36.7. The molecule has 0 N–H and O–H groups in total. The van der Waals surface area contributed by atoms with E-state index in [2.05, 4.69) is 0 Å². The van der Waals surface area contributed by atoms with E-state index < -0.39 is 75.2 Å². The van der Waals surface area contributed by atoms with Gasteiger partial charge in [-0.1, -0.05) is 24.3 Å². The van der Waals surface area contributed by atoms with Crippen LogP contribution in [0.1, 0.15) is 11.1 Å². The lowest BCUT2D eigenvalue weighted by molar-refractivity contribution is -0.435. The minimum atomic E-state index is -7.53. The molecule has 1 saturated carbocycles. The highest BCUT2D eigenvalue weighted by Crippen LogP contribution is 2.75. The molecule has 3 aliphatic rings. The van der Waals surface area contributed by atoms with Gasteiger partial charge in [-0.25, -0.2) is 8.78 Å². The Labute approximate surface area is 168 Å². The Hall–Kier alpha value is -2.28. The third-order valence-electron chi connectivity index (χ3n) is 5.93. The van der Waals surface area contributed by atoms with Crippen molar-refractivity contribution in [3.63, 3.8) is 0 Å². The van der Waals surface area contributed by atoms with Gasteiger partial charge < -0.3 is 0 Å². The van der Waals surface area contributed by atoms with Crippen LogP contribution in [0.3, 0.4) is 0 Å². The summed E-state index contributed by atoms with van der Waals surface area (Å²) in [4.78, 5) is 0. The van der Waals surface area contributed by atoms with Crippen LogP contribution in [0.2, 0.25) is 0 Å². The second-order valence-corrected chi connectivity index (χ2v) is 7.51. The molecule has 3 aliphatic carbocycles. The zero-order valence-corrected chi connectivity index (χ0v) is 14.8. The fraction of sp³-hybridized carbons (Fsp3) is 0.444. The molecule has 0 nitrogen and oxygen atoms in total. The quantitative estimate of drug-likeness (QED) is 0.356. The lowest BCUT2D eigenvalue weighted by Gasteiger charge is -2.57. The van der Waals surface area contributed by atoms with Crippen molar-refractivity contribution in [2.45, 2.75) is 46.9 Å². The maximum atomic E-state index is 15.4. The van der Waals surface area contributed by atoms with Gasteiger partial charge in [0.15, 0.2) is 0 Å². The van der Waals surface area contributed by atoms with Crippen LogP contribution in [0.4, 0.5) is 61.5 Å². The molecule has 0 saturated heterocycles. The Bertz CT molecular complexity index is 1080. The Kier molecular flexibility index (Phi) is 3.89. The first-order valence-corrected chi connectivity index (χ1v) is 8.38. The smallest absolute Gasteiger partial charge is 0.225 e. The van der Waals surface area contributed by atoms with Crippen LogP contribution in [0.25, 0.3) is 6.08 Å². The van der Waals surface area contributed by atoms with Crippen molar-refractivity contribution in [2.24, 2.45) is 0 Å². The molecule has 2 unspecified atom stereocenters. The van der Waals surface area contributed by atoms with E-state index in [1.54, 1.807) is 0 Å². The lowest BCUT2D eigenvalue weighted by Crippen LogP contribution is -2.84. The highest BCUT2D eigenvalue weighted by Gasteiger charge is 3.00. The molecule has 4 rings (SSSR count). The van der Waals surface area contributed by atoms with Crippen LogP contribution in [0.5, 0.6) is 0 Å². The molecule has 0 heterocycles. The first-order valence-electron chi connectivity index (χ1n) is 8.38. The van der Waals surface area contributed by atoms with Gasteiger partial charge in [-0.15, -0.1) is 0 Å². The summed E-state index contributed by atoms with van der Waals surface area (Å²) in [6.45, 7) is 0. The van der Waals surface area contributed by atoms with E-state index in [4.69, 9.17) is 0 Å². The SMILES string of the molecule is FC1(F)C2=CC3=Cc4ccccc4C(F)(F)C3(F)C(F)(F)C2(F)C(F)(F)C(F)(F)C1(F)F. The van der Waals surface area contributed by atoms with E-state index in [9.17, 15) is 52.7 Å². The van der Waals surface area contributed by atoms with Crippen LogP contribution >= 0.6 is 0 Å². The summed E-state index contributed by atoms with van der Waals surface area (Å²) in [5, 5.41) is 0. The first kappa shape index (κ1) is 22.9. The van der Waals surface area contributed by atoms with Crippen molar-refractivity contribution < 1.29 is 61.5 Å². The molecule has 1 aromatic carbocycles. The van der Waals surface area contributed by atoms with Crippen LogP contribution in [-0.4, -0.2) is 41.0 Å². The Morgan fingerprint density at radius 2 is 1.00 bits per heavy atom. The molecule has 0 spiro atoms. The van der Waals surface area contributed by atoms with Gasteiger partial charge in [0.1, 0.15) is 0 Å². The summed E-state index contributed by atoms with van der Waals surface area (Å²) in [7, 11) is 0. The van der Waals surface area contributed by atoms with Crippen molar-refractivity contribution in [3.8, 4) is 0 Å². The van der Waals surface area contributed by atoms with E-state index in [1.165, 1.54) is 0 Å². The highest BCUT2D eigenvalue weighted by molar-refractivity contribution is 5.72. The fourth-order valence-electron chi connectivity index (χ4n) is 4.18. The highest BCUT2D eigenvalue weighted by atomic mass is 19.4. The molecule has 14 heteroatoms. The van der Waals surface area contributed by atoms with Crippen LogP contribution in [0.15, 0.2) is 41.5 Å². The van der Waals surface area contributed by atoms with Gasteiger partial charge in [-0.05, 0) is 17.7 Å². The average Bonchev–Trinajstić information content (AvgIpc) is 2.66. The first-order chi connectivity index (χ1) is 14.2. The van der Waals surface area contributed by atoms with Gasteiger partial charge in [0.05, 0.1) is 5.57 Å². The van der Waals surface area contributed by atoms with Crippen molar-refractivity contribution in [1.29, 1.82) is 0 Å². The summed E-state index contributed by atoms with van der Waals surface area (Å²) >= 11 is 0. The van der Waals surface area contributed by atoms with Crippen molar-refractivity contribution in [3.05, 3.63) is 52.6 Å². The predicted octanol–water partition coefficient (Wildman–Crippen LogP) is 6.72. The molecule has 1 aromatic rings. The molecule has 0 aliphatic heterocycles. The van der Waals surface area contributed by atoms with Crippen LogP contribution in [-0.2, 0) is 5.92 Å². The maximum absolute atomic E-state index is 15.4. The molecule has 0 aromatic heterocycles. The van der Waals surface area contributed by atoms with Crippen LogP contribution in [0, 0.1) is 0 Å². The molecule has 176 valence electrons. The average molecular weight is 488 g/mol. The molecule has 32 heavy (non-hydrogen) atoms. The number of allylic oxidation sites excluding steroid dienone is 3. The zero-order valence-electron chi connectivity index (χ0n) is 14.8. The largest absolute Gasteiger partial charge is 0.382 e. The number of hydrogen-bond donors (Lipinski definition) is 0. The topological polar surface area (TPSA) is 0 Å². The maximum Gasteiger partial charge on any atom is 0.382 e. The van der Waals surface area contributed by atoms with Gasteiger partial charge >= 0.3 is 35.5 Å². The minimum Gasteiger partial charge on any atom is -0.225 e. The standard InChI is InChI=1S/C18H6F14/c19-11-8(5-7-3-1-2-4-9(7)13(11,21)22)6-10-12(20,15(11,25)26)16(27,28)18(31,32)17(29,30)14(10,23)24/h1-6H. The molecule has 0 bridgehead atoms. The van der Waals surface area contributed by atoms with Gasteiger partial charge in [-0.2, -0.15) is 52.7 Å². The third-order valence-corrected chi connectivity index (χ3v) is 5.93. The third kappa shape index (κ3) is 1.84. The van der Waals surface area contributed by atoms with Gasteiger partial charge in [0, 0.05) is 11.1 Å². The van der Waals surface area contributed by atoms with Crippen LogP contribution < -0.4 is 0 Å². The number of alkyl halides is 14. The second-order valence-electron chi connectivity index (χ2n) is 7.51. The summed E-state index contributed by atoms with van der Waals surface area (Å²) in [5.74, 6) is -41.6. The summed E-state index contributed by atoms with van der Waals surface area (Å²) in [5.41, 5.74) is -21.3. The minimum absolute atomic E-state index is 0.00630. The number of benzene rings is 1. The molecular formula is C18H6F14. The van der Waals surface area contributed by atoms with E-state index in [0.29, 0.717) is 6.07 Å². The van der Waals surface area contributed by atoms with Gasteiger partial charge in [-0.3, -0.25) is 0 Å². The Balaban J connectivity index is 2.20. The van der Waals surface area contributed by atoms with E-state index in [0.717, 1.165) is 18.2 Å². The van der Waals surface area contributed by atoms with Gasteiger partial charge in [0.25, 0.3) is 11.3 Å². The zero-order chi connectivity index (χ0) is 24.6. The Morgan fingerprint density at radius 1 is 0.469 bits per heavy atom. The Morgan fingerprint density at radius 3 is 1.56 bits per heavy atom.